The standard InChI is InChI=1S/C14H15F7N2.2ClH/c1-8(23-4-2-22-3-5-23)12-10(14(19,20)21)6-9(7-11(12)15)13(16,17)18;;/h6-8,22H,2-5H2,1H3;2*1H/t8-;;/m1../s1. The Labute approximate surface area is 152 Å². The predicted molar refractivity (Wildman–Crippen MR) is 83.8 cm³/mol. The van der Waals surface area contributed by atoms with Crippen molar-refractivity contribution in [2.24, 2.45) is 0 Å². The number of alkyl halides is 6. The first kappa shape index (κ1) is 24.2. The van der Waals surface area contributed by atoms with E-state index in [0.717, 1.165) is 0 Å². The summed E-state index contributed by atoms with van der Waals surface area (Å²) in [6.45, 7) is 3.19. The highest BCUT2D eigenvalue weighted by molar-refractivity contribution is 5.85. The van der Waals surface area contributed by atoms with Crippen molar-refractivity contribution in [2.45, 2.75) is 25.3 Å². The van der Waals surface area contributed by atoms with E-state index in [4.69, 9.17) is 0 Å². The quantitative estimate of drug-likeness (QED) is 0.704. The maximum Gasteiger partial charge on any atom is 0.416 e. The van der Waals surface area contributed by atoms with Gasteiger partial charge in [-0.2, -0.15) is 26.3 Å². The van der Waals surface area contributed by atoms with Crippen LogP contribution in [-0.4, -0.2) is 31.1 Å². The zero-order valence-corrected chi connectivity index (χ0v) is 14.6. The molecule has 0 bridgehead atoms. The van der Waals surface area contributed by atoms with E-state index < -0.39 is 40.9 Å². The van der Waals surface area contributed by atoms with Gasteiger partial charge in [0, 0.05) is 37.8 Å². The van der Waals surface area contributed by atoms with Crippen molar-refractivity contribution in [1.82, 2.24) is 10.2 Å². The van der Waals surface area contributed by atoms with Crippen molar-refractivity contribution in [1.29, 1.82) is 0 Å². The van der Waals surface area contributed by atoms with Gasteiger partial charge in [-0.3, -0.25) is 4.90 Å². The predicted octanol–water partition coefficient (Wildman–Crippen LogP) is 4.67. The van der Waals surface area contributed by atoms with E-state index in [0.29, 0.717) is 26.2 Å². The van der Waals surface area contributed by atoms with Crippen LogP contribution in [0.15, 0.2) is 12.1 Å². The van der Waals surface area contributed by atoms with E-state index in [-0.39, 0.29) is 36.9 Å². The number of hydrogen-bond donors (Lipinski definition) is 1. The minimum absolute atomic E-state index is 0. The summed E-state index contributed by atoms with van der Waals surface area (Å²) in [6.07, 6.45) is -10.1. The maximum absolute atomic E-state index is 14.1. The van der Waals surface area contributed by atoms with Gasteiger partial charge in [-0.15, -0.1) is 24.8 Å². The summed E-state index contributed by atoms with van der Waals surface area (Å²) in [5.41, 5.74) is -3.96. The van der Waals surface area contributed by atoms with Crippen LogP contribution in [0, 0.1) is 5.82 Å². The molecular weight excluding hydrogens is 400 g/mol. The van der Waals surface area contributed by atoms with Gasteiger partial charge < -0.3 is 5.32 Å². The zero-order chi connectivity index (χ0) is 17.4. The van der Waals surface area contributed by atoms with E-state index in [1.165, 1.54) is 6.92 Å². The summed E-state index contributed by atoms with van der Waals surface area (Å²) >= 11 is 0. The Morgan fingerprint density at radius 3 is 1.92 bits per heavy atom. The van der Waals surface area contributed by atoms with Crippen LogP contribution in [0.25, 0.3) is 0 Å². The fourth-order valence-corrected chi connectivity index (χ4v) is 2.69. The molecule has 0 unspecified atom stereocenters. The van der Waals surface area contributed by atoms with E-state index in [1.54, 1.807) is 4.90 Å². The first-order valence-electron chi connectivity index (χ1n) is 6.94. The van der Waals surface area contributed by atoms with Crippen LogP contribution in [0.4, 0.5) is 30.7 Å². The maximum atomic E-state index is 14.1. The summed E-state index contributed by atoms with van der Waals surface area (Å²) in [7, 11) is 0. The Balaban J connectivity index is 0.00000288. The number of nitrogens with one attached hydrogen (secondary N) is 1. The molecule has 0 aromatic heterocycles. The minimum Gasteiger partial charge on any atom is -0.314 e. The second kappa shape index (κ2) is 8.75. The summed E-state index contributed by atoms with van der Waals surface area (Å²) < 4.78 is 91.6. The number of piperazine rings is 1. The van der Waals surface area contributed by atoms with E-state index in [1.807, 2.05) is 0 Å². The minimum atomic E-state index is -5.07. The molecule has 0 aliphatic carbocycles. The number of hydrogen-bond acceptors (Lipinski definition) is 2. The van der Waals surface area contributed by atoms with Gasteiger partial charge in [0.05, 0.1) is 11.1 Å². The molecule has 2 rings (SSSR count). The molecule has 1 fully saturated rings. The Morgan fingerprint density at radius 2 is 1.48 bits per heavy atom. The van der Waals surface area contributed by atoms with Crippen LogP contribution < -0.4 is 5.32 Å². The average molecular weight is 417 g/mol. The number of benzene rings is 1. The molecule has 1 aromatic carbocycles. The van der Waals surface area contributed by atoms with E-state index >= 15 is 0 Å². The van der Waals surface area contributed by atoms with Gasteiger partial charge in [-0.05, 0) is 19.1 Å². The lowest BCUT2D eigenvalue weighted by Gasteiger charge is -2.34. The molecule has 25 heavy (non-hydrogen) atoms. The van der Waals surface area contributed by atoms with Gasteiger partial charge in [0.15, 0.2) is 0 Å². The summed E-state index contributed by atoms with van der Waals surface area (Å²) in [4.78, 5) is 1.61. The van der Waals surface area contributed by atoms with E-state index in [9.17, 15) is 30.7 Å². The van der Waals surface area contributed by atoms with Gasteiger partial charge in [-0.1, -0.05) is 0 Å². The molecule has 0 amide bonds. The fraction of sp³-hybridized carbons (Fsp3) is 0.571. The molecule has 1 N–H and O–H groups in total. The first-order valence-corrected chi connectivity index (χ1v) is 6.94. The molecule has 2 nitrogen and oxygen atoms in total. The molecule has 1 aliphatic rings. The average Bonchev–Trinajstić information content (AvgIpc) is 2.44. The molecule has 0 spiro atoms. The van der Waals surface area contributed by atoms with Crippen LogP contribution in [0.1, 0.15) is 29.7 Å². The lowest BCUT2D eigenvalue weighted by atomic mass is 9.96. The van der Waals surface area contributed by atoms with Gasteiger partial charge in [0.2, 0.25) is 0 Å². The molecule has 146 valence electrons. The molecular formula is C14H17Cl2F7N2. The van der Waals surface area contributed by atoms with E-state index in [2.05, 4.69) is 5.32 Å². The van der Waals surface area contributed by atoms with Crippen LogP contribution in [0.5, 0.6) is 0 Å². The molecule has 1 saturated heterocycles. The Morgan fingerprint density at radius 1 is 0.960 bits per heavy atom. The van der Waals surface area contributed by atoms with Crippen molar-refractivity contribution in [2.75, 3.05) is 26.2 Å². The molecule has 11 heteroatoms. The normalized spacial score (nSPS) is 17.4. The lowest BCUT2D eigenvalue weighted by molar-refractivity contribution is -0.144. The highest BCUT2D eigenvalue weighted by Gasteiger charge is 2.41. The molecule has 1 aliphatic heterocycles. The summed E-state index contributed by atoms with van der Waals surface area (Å²) in [6, 6.07) is -0.864. The molecule has 1 heterocycles. The smallest absolute Gasteiger partial charge is 0.314 e. The third-order valence-electron chi connectivity index (χ3n) is 3.88. The molecule has 0 radical (unpaired) electrons. The highest BCUT2D eigenvalue weighted by Crippen LogP contribution is 2.41. The van der Waals surface area contributed by atoms with Gasteiger partial charge in [-0.25, -0.2) is 4.39 Å². The van der Waals surface area contributed by atoms with Crippen molar-refractivity contribution < 1.29 is 30.7 Å². The van der Waals surface area contributed by atoms with Crippen LogP contribution in [0.2, 0.25) is 0 Å². The number of halogens is 9. The Hall–Kier alpha value is -0.770. The van der Waals surface area contributed by atoms with Gasteiger partial charge in [0.25, 0.3) is 0 Å². The molecule has 0 saturated carbocycles. The lowest BCUT2D eigenvalue weighted by Crippen LogP contribution is -2.45. The second-order valence-corrected chi connectivity index (χ2v) is 5.38. The van der Waals surface area contributed by atoms with Crippen LogP contribution in [-0.2, 0) is 12.4 Å². The zero-order valence-electron chi connectivity index (χ0n) is 13.0. The van der Waals surface area contributed by atoms with Gasteiger partial charge in [0.1, 0.15) is 5.82 Å². The Bertz CT molecular complexity index is 570. The van der Waals surface area contributed by atoms with Crippen molar-refractivity contribution >= 4 is 24.8 Å². The van der Waals surface area contributed by atoms with Crippen molar-refractivity contribution in [3.8, 4) is 0 Å². The largest absolute Gasteiger partial charge is 0.416 e. The first-order chi connectivity index (χ1) is 10.5. The van der Waals surface area contributed by atoms with Crippen LogP contribution in [0.3, 0.4) is 0 Å². The Kier molecular flexibility index (Phi) is 8.48. The van der Waals surface area contributed by atoms with Crippen LogP contribution >= 0.6 is 24.8 Å². The topological polar surface area (TPSA) is 15.3 Å². The monoisotopic (exact) mass is 416 g/mol. The second-order valence-electron chi connectivity index (χ2n) is 5.38. The summed E-state index contributed by atoms with van der Waals surface area (Å²) in [5.74, 6) is -1.49. The fourth-order valence-electron chi connectivity index (χ4n) is 2.69. The molecule has 1 aromatic rings. The summed E-state index contributed by atoms with van der Waals surface area (Å²) in [5, 5.41) is 3.00. The number of rotatable bonds is 2. The SMILES string of the molecule is C[C@H](c1c(F)cc(C(F)(F)F)cc1C(F)(F)F)N1CCNCC1.Cl.Cl. The van der Waals surface area contributed by atoms with Gasteiger partial charge >= 0.3 is 12.4 Å². The number of nitrogens with zero attached hydrogens (tertiary/aromatic N) is 1. The van der Waals surface area contributed by atoms with Crippen molar-refractivity contribution in [3.63, 3.8) is 0 Å². The highest BCUT2D eigenvalue weighted by atomic mass is 35.5. The molecule has 1 atom stereocenters. The van der Waals surface area contributed by atoms with Crippen molar-refractivity contribution in [3.05, 3.63) is 34.6 Å². The third-order valence-corrected chi connectivity index (χ3v) is 3.88. The third kappa shape index (κ3) is 5.60.